The average Bonchev–Trinajstić information content (AvgIpc) is 3.24. The number of benzene rings is 2. The van der Waals surface area contributed by atoms with Crippen molar-refractivity contribution in [2.45, 2.75) is 78.3 Å². The molecule has 1 aliphatic heterocycles. The highest BCUT2D eigenvalue weighted by Crippen LogP contribution is 2.34. The summed E-state index contributed by atoms with van der Waals surface area (Å²) >= 11 is 0. The van der Waals surface area contributed by atoms with Crippen molar-refractivity contribution >= 4 is 29.2 Å². The molecule has 0 radical (unpaired) electrons. The molecular formula is C31H39FN4O. The molecule has 3 aromatic rings. The normalized spacial score (nSPS) is 15.1. The standard InChI is InChI=1S/C31H39FN4O/c1-5-8-10-21(9-6-2)22-12-14-23(15-13-22)31(37)36-29-24-16-18-28(35-30(24)34-26(29)7-3)33-27-17-11-20(4)19-25(27)32/h11-19,21,28,33-35H,5-10H2,1-4H3,(H,36,37). The quantitative estimate of drug-likeness (QED) is 0.213. The Morgan fingerprint density at radius 1 is 1.05 bits per heavy atom. The molecule has 2 aromatic carbocycles. The second kappa shape index (κ2) is 12.1. The van der Waals surface area contributed by atoms with Gasteiger partial charge < -0.3 is 20.9 Å². The lowest BCUT2D eigenvalue weighted by Crippen LogP contribution is -2.29. The van der Waals surface area contributed by atoms with Crippen LogP contribution in [0.5, 0.6) is 0 Å². The van der Waals surface area contributed by atoms with Crippen LogP contribution >= 0.6 is 0 Å². The van der Waals surface area contributed by atoms with E-state index in [9.17, 15) is 9.18 Å². The number of halogens is 1. The van der Waals surface area contributed by atoms with Crippen molar-refractivity contribution in [3.63, 3.8) is 0 Å². The van der Waals surface area contributed by atoms with Crippen LogP contribution in [-0.2, 0) is 6.42 Å². The number of amides is 1. The van der Waals surface area contributed by atoms with Crippen molar-refractivity contribution in [1.29, 1.82) is 0 Å². The van der Waals surface area contributed by atoms with E-state index in [1.165, 1.54) is 37.3 Å². The third-order valence-electron chi connectivity index (χ3n) is 7.09. The van der Waals surface area contributed by atoms with Crippen molar-refractivity contribution in [2.24, 2.45) is 0 Å². The first-order valence-corrected chi connectivity index (χ1v) is 13.6. The third-order valence-corrected chi connectivity index (χ3v) is 7.09. The number of hydrogen-bond acceptors (Lipinski definition) is 3. The Bertz CT molecular complexity index is 1240. The van der Waals surface area contributed by atoms with Gasteiger partial charge in [-0.1, -0.05) is 58.2 Å². The van der Waals surface area contributed by atoms with Crippen LogP contribution in [0.3, 0.4) is 0 Å². The largest absolute Gasteiger partial charge is 0.360 e. The van der Waals surface area contributed by atoms with E-state index in [0.717, 1.165) is 41.2 Å². The molecule has 2 atom stereocenters. The fraction of sp³-hybridized carbons (Fsp3) is 0.387. The molecular weight excluding hydrogens is 463 g/mol. The maximum atomic E-state index is 14.3. The molecule has 4 N–H and O–H groups in total. The van der Waals surface area contributed by atoms with E-state index in [4.69, 9.17) is 0 Å². The lowest BCUT2D eigenvalue weighted by atomic mass is 9.89. The van der Waals surface area contributed by atoms with Crippen molar-refractivity contribution in [3.8, 4) is 0 Å². The van der Waals surface area contributed by atoms with Crippen LogP contribution in [-0.4, -0.2) is 17.1 Å². The zero-order valence-electron chi connectivity index (χ0n) is 22.4. The van der Waals surface area contributed by atoms with Crippen LogP contribution in [0.2, 0.25) is 0 Å². The summed E-state index contributed by atoms with van der Waals surface area (Å²) in [6, 6.07) is 13.2. The first-order chi connectivity index (χ1) is 17.9. The second-order valence-corrected chi connectivity index (χ2v) is 9.93. The number of nitrogens with one attached hydrogen (secondary N) is 4. The van der Waals surface area contributed by atoms with Crippen LogP contribution in [0.15, 0.2) is 48.5 Å². The molecule has 0 saturated carbocycles. The SMILES string of the molecule is CCCCC(CCC)c1ccc(C(=O)Nc2c(CC)[nH]c3c2C=CC(Nc2ccc(C)cc2F)N3)cc1. The van der Waals surface area contributed by atoms with Crippen molar-refractivity contribution in [1.82, 2.24) is 4.98 Å². The van der Waals surface area contributed by atoms with E-state index < -0.39 is 0 Å². The molecule has 0 saturated heterocycles. The number of carbonyl (C=O) groups is 1. The van der Waals surface area contributed by atoms with Gasteiger partial charge in [0.15, 0.2) is 0 Å². The molecule has 2 heterocycles. The Kier molecular flexibility index (Phi) is 8.70. The van der Waals surface area contributed by atoms with Gasteiger partial charge in [-0.3, -0.25) is 4.79 Å². The van der Waals surface area contributed by atoms with Gasteiger partial charge in [0.2, 0.25) is 0 Å². The third kappa shape index (κ3) is 6.24. The van der Waals surface area contributed by atoms with E-state index in [0.29, 0.717) is 17.2 Å². The van der Waals surface area contributed by atoms with Crippen molar-refractivity contribution in [3.05, 3.63) is 82.3 Å². The van der Waals surface area contributed by atoms with Gasteiger partial charge in [-0.2, -0.15) is 0 Å². The lowest BCUT2D eigenvalue weighted by Gasteiger charge is -2.23. The molecule has 196 valence electrons. The molecule has 5 nitrogen and oxygen atoms in total. The van der Waals surface area contributed by atoms with Gasteiger partial charge >= 0.3 is 0 Å². The minimum atomic E-state index is -0.285. The first-order valence-electron chi connectivity index (χ1n) is 13.6. The fourth-order valence-corrected chi connectivity index (χ4v) is 5.01. The smallest absolute Gasteiger partial charge is 0.255 e. The molecule has 0 fully saturated rings. The minimum absolute atomic E-state index is 0.126. The number of carbonyl (C=O) groups excluding carboxylic acids is 1. The zero-order chi connectivity index (χ0) is 26.4. The average molecular weight is 503 g/mol. The number of fused-ring (bicyclic) bond motifs is 1. The Morgan fingerprint density at radius 2 is 1.84 bits per heavy atom. The van der Waals surface area contributed by atoms with E-state index in [-0.39, 0.29) is 17.9 Å². The summed E-state index contributed by atoms with van der Waals surface area (Å²) in [6.07, 6.45) is 10.3. The van der Waals surface area contributed by atoms with Crippen LogP contribution in [0.1, 0.15) is 91.5 Å². The summed E-state index contributed by atoms with van der Waals surface area (Å²) in [7, 11) is 0. The molecule has 2 unspecified atom stereocenters. The summed E-state index contributed by atoms with van der Waals surface area (Å²) < 4.78 is 14.3. The van der Waals surface area contributed by atoms with Gasteiger partial charge in [0.25, 0.3) is 5.91 Å². The number of H-pyrrole nitrogens is 1. The van der Waals surface area contributed by atoms with E-state index in [2.05, 4.69) is 46.9 Å². The van der Waals surface area contributed by atoms with Crippen LogP contribution in [0, 0.1) is 12.7 Å². The number of anilines is 3. The predicted octanol–water partition coefficient (Wildman–Crippen LogP) is 8.23. The Morgan fingerprint density at radius 3 is 2.51 bits per heavy atom. The fourth-order valence-electron chi connectivity index (χ4n) is 5.01. The van der Waals surface area contributed by atoms with Gasteiger partial charge in [-0.25, -0.2) is 4.39 Å². The van der Waals surface area contributed by atoms with Crippen molar-refractivity contribution in [2.75, 3.05) is 16.0 Å². The Balaban J connectivity index is 1.47. The number of rotatable bonds is 11. The summed E-state index contributed by atoms with van der Waals surface area (Å²) in [4.78, 5) is 16.6. The van der Waals surface area contributed by atoms with E-state index in [1.54, 1.807) is 6.07 Å². The summed E-state index contributed by atoms with van der Waals surface area (Å²) in [5.74, 6) is 0.941. The molecule has 1 aromatic heterocycles. The topological polar surface area (TPSA) is 69.0 Å². The molecule has 4 rings (SSSR count). The molecule has 0 bridgehead atoms. The van der Waals surface area contributed by atoms with Crippen molar-refractivity contribution < 1.29 is 9.18 Å². The highest BCUT2D eigenvalue weighted by Gasteiger charge is 2.23. The molecule has 0 spiro atoms. The van der Waals surface area contributed by atoms with Gasteiger partial charge in [0.05, 0.1) is 11.4 Å². The lowest BCUT2D eigenvalue weighted by molar-refractivity contribution is 0.102. The highest BCUT2D eigenvalue weighted by molar-refractivity contribution is 6.06. The molecule has 6 heteroatoms. The number of aromatic amines is 1. The number of unbranched alkanes of at least 4 members (excludes halogenated alkanes) is 1. The Labute approximate surface area is 220 Å². The van der Waals surface area contributed by atoms with E-state index >= 15 is 0 Å². The van der Waals surface area contributed by atoms with Gasteiger partial charge in [0.1, 0.15) is 17.8 Å². The number of hydrogen-bond donors (Lipinski definition) is 4. The van der Waals surface area contributed by atoms with Gasteiger partial charge in [0, 0.05) is 16.8 Å². The second-order valence-electron chi connectivity index (χ2n) is 9.93. The molecule has 1 amide bonds. The summed E-state index contributed by atoms with van der Waals surface area (Å²) in [6.45, 7) is 8.37. The van der Waals surface area contributed by atoms with Crippen LogP contribution in [0.4, 0.5) is 21.6 Å². The number of aryl methyl sites for hydroxylation is 2. The molecule has 0 aliphatic carbocycles. The molecule has 1 aliphatic rings. The van der Waals surface area contributed by atoms with Crippen LogP contribution < -0.4 is 16.0 Å². The van der Waals surface area contributed by atoms with Gasteiger partial charge in [-0.05, 0) is 79.6 Å². The molecule has 37 heavy (non-hydrogen) atoms. The highest BCUT2D eigenvalue weighted by atomic mass is 19.1. The van der Waals surface area contributed by atoms with Gasteiger partial charge in [-0.15, -0.1) is 0 Å². The van der Waals surface area contributed by atoms with Crippen LogP contribution in [0.25, 0.3) is 6.08 Å². The first kappa shape index (κ1) is 26.5. The number of aromatic nitrogens is 1. The monoisotopic (exact) mass is 502 g/mol. The maximum absolute atomic E-state index is 14.3. The summed E-state index contributed by atoms with van der Waals surface area (Å²) in [5.41, 5.74) is 5.89. The summed E-state index contributed by atoms with van der Waals surface area (Å²) in [5, 5.41) is 9.69. The minimum Gasteiger partial charge on any atom is -0.360 e. The van der Waals surface area contributed by atoms with E-state index in [1.807, 2.05) is 44.2 Å². The zero-order valence-corrected chi connectivity index (χ0v) is 22.4. The maximum Gasteiger partial charge on any atom is 0.255 e. The predicted molar refractivity (Wildman–Crippen MR) is 153 cm³/mol. The Hall–Kier alpha value is -3.54.